The Morgan fingerprint density at radius 1 is 1.26 bits per heavy atom. The van der Waals surface area contributed by atoms with E-state index < -0.39 is 10.8 Å². The van der Waals surface area contributed by atoms with E-state index in [-0.39, 0.29) is 24.3 Å². The first-order chi connectivity index (χ1) is 11.1. The zero-order chi connectivity index (χ0) is 16.8. The number of amides is 1. The number of carbonyl (C=O) groups is 1. The van der Waals surface area contributed by atoms with E-state index in [9.17, 15) is 14.9 Å². The molecule has 2 rings (SSSR count). The molecule has 118 valence electrons. The molecule has 0 radical (unpaired) electrons. The minimum Gasteiger partial charge on any atom is -0.366 e. The smallest absolute Gasteiger partial charge is 0.293 e. The summed E-state index contributed by atoms with van der Waals surface area (Å²) in [6, 6.07) is 7.91. The van der Waals surface area contributed by atoms with E-state index in [0.717, 1.165) is 30.8 Å². The van der Waals surface area contributed by atoms with Gasteiger partial charge in [0.2, 0.25) is 0 Å². The number of nitro groups is 1. The second kappa shape index (κ2) is 7.23. The van der Waals surface area contributed by atoms with Crippen LogP contribution in [0.4, 0.5) is 11.4 Å². The zero-order valence-corrected chi connectivity index (χ0v) is 12.4. The Labute approximate surface area is 133 Å². The number of rotatable bonds is 5. The minimum atomic E-state index is -0.566. The van der Waals surface area contributed by atoms with Crippen molar-refractivity contribution < 1.29 is 9.72 Å². The molecule has 1 amide bonds. The van der Waals surface area contributed by atoms with Gasteiger partial charge in [-0.3, -0.25) is 14.9 Å². The summed E-state index contributed by atoms with van der Waals surface area (Å²) in [7, 11) is 0. The van der Waals surface area contributed by atoms with Crippen LogP contribution in [0.15, 0.2) is 18.2 Å². The average molecular weight is 313 g/mol. The highest BCUT2D eigenvalue weighted by molar-refractivity contribution is 5.96. The number of benzene rings is 1. The predicted molar refractivity (Wildman–Crippen MR) is 81.7 cm³/mol. The highest BCUT2D eigenvalue weighted by atomic mass is 16.6. The van der Waals surface area contributed by atoms with Crippen LogP contribution in [0.1, 0.15) is 23.2 Å². The van der Waals surface area contributed by atoms with Crippen LogP contribution in [0.5, 0.6) is 0 Å². The van der Waals surface area contributed by atoms with E-state index in [1.54, 1.807) is 6.07 Å². The molecule has 1 aromatic rings. The van der Waals surface area contributed by atoms with Crippen LogP contribution < -0.4 is 4.90 Å². The van der Waals surface area contributed by atoms with Gasteiger partial charge in [0, 0.05) is 24.7 Å². The lowest BCUT2D eigenvalue weighted by molar-refractivity contribution is -0.384. The Balaban J connectivity index is 2.35. The Kier molecular flexibility index (Phi) is 5.11. The van der Waals surface area contributed by atoms with Gasteiger partial charge >= 0.3 is 0 Å². The third-order valence-corrected chi connectivity index (χ3v) is 3.68. The summed E-state index contributed by atoms with van der Waals surface area (Å²) in [5.41, 5.74) is 0.466. The number of nitrogens with zero attached hydrogens (tertiary/aromatic N) is 5. The third-order valence-electron chi connectivity index (χ3n) is 3.68. The molecule has 0 bridgehead atoms. The van der Waals surface area contributed by atoms with Crippen molar-refractivity contribution in [1.29, 1.82) is 10.5 Å². The first kappa shape index (κ1) is 16.2. The van der Waals surface area contributed by atoms with Gasteiger partial charge in [-0.15, -0.1) is 0 Å². The second-order valence-corrected chi connectivity index (χ2v) is 5.13. The number of anilines is 1. The van der Waals surface area contributed by atoms with E-state index in [0.29, 0.717) is 5.69 Å². The van der Waals surface area contributed by atoms with Crippen molar-refractivity contribution in [3.8, 4) is 12.1 Å². The standard InChI is InChI=1S/C15H15N5O3/c16-5-9-19(10-6-17)15(21)12-3-4-13(14(11-12)20(22)23)18-7-1-2-8-18/h3-4,11H,1-2,7-10H2. The summed E-state index contributed by atoms with van der Waals surface area (Å²) in [6.45, 7) is 1.02. The molecule has 0 aromatic heterocycles. The van der Waals surface area contributed by atoms with E-state index >= 15 is 0 Å². The van der Waals surface area contributed by atoms with Crippen LogP contribution in [0.25, 0.3) is 0 Å². The summed E-state index contributed by atoms with van der Waals surface area (Å²) in [6.07, 6.45) is 1.96. The first-order valence-corrected chi connectivity index (χ1v) is 7.15. The summed E-state index contributed by atoms with van der Waals surface area (Å²) in [5, 5.41) is 28.8. The molecular weight excluding hydrogens is 298 g/mol. The SMILES string of the molecule is N#CCN(CC#N)C(=O)c1ccc(N2CCCC2)c([N+](=O)[O-])c1. The maximum Gasteiger partial charge on any atom is 0.293 e. The van der Waals surface area contributed by atoms with E-state index in [2.05, 4.69) is 0 Å². The monoisotopic (exact) mass is 313 g/mol. The van der Waals surface area contributed by atoms with Crippen molar-refractivity contribution in [1.82, 2.24) is 4.90 Å². The van der Waals surface area contributed by atoms with Crippen molar-refractivity contribution in [2.45, 2.75) is 12.8 Å². The number of nitriles is 2. The number of hydrogen-bond acceptors (Lipinski definition) is 6. The van der Waals surface area contributed by atoms with E-state index in [4.69, 9.17) is 10.5 Å². The van der Waals surface area contributed by atoms with Crippen molar-refractivity contribution >= 4 is 17.3 Å². The zero-order valence-electron chi connectivity index (χ0n) is 12.4. The molecular formula is C15H15N5O3. The van der Waals surface area contributed by atoms with E-state index in [1.807, 2.05) is 17.0 Å². The first-order valence-electron chi connectivity index (χ1n) is 7.15. The number of hydrogen-bond donors (Lipinski definition) is 0. The van der Waals surface area contributed by atoms with Gasteiger partial charge in [0.1, 0.15) is 18.8 Å². The molecule has 0 atom stereocenters. The molecule has 1 aliphatic heterocycles. The van der Waals surface area contributed by atoms with Gasteiger partial charge in [-0.2, -0.15) is 10.5 Å². The summed E-state index contributed by atoms with van der Waals surface area (Å²) in [4.78, 5) is 26.1. The quantitative estimate of drug-likeness (QED) is 0.464. The summed E-state index contributed by atoms with van der Waals surface area (Å²) >= 11 is 0. The van der Waals surface area contributed by atoms with Crippen LogP contribution in [0.3, 0.4) is 0 Å². The Morgan fingerprint density at radius 2 is 1.87 bits per heavy atom. The van der Waals surface area contributed by atoms with E-state index in [1.165, 1.54) is 12.1 Å². The molecule has 1 aliphatic rings. The largest absolute Gasteiger partial charge is 0.366 e. The molecule has 0 unspecified atom stereocenters. The van der Waals surface area contributed by atoms with Crippen molar-refractivity contribution in [2.75, 3.05) is 31.1 Å². The number of carbonyl (C=O) groups excluding carboxylic acids is 1. The lowest BCUT2D eigenvalue weighted by Gasteiger charge is -2.19. The van der Waals surface area contributed by atoms with Crippen LogP contribution in [0.2, 0.25) is 0 Å². The van der Waals surface area contributed by atoms with Crippen LogP contribution in [-0.4, -0.2) is 41.9 Å². The molecule has 1 saturated heterocycles. The lowest BCUT2D eigenvalue weighted by Crippen LogP contribution is -2.32. The van der Waals surface area contributed by atoms with Crippen molar-refractivity contribution in [3.63, 3.8) is 0 Å². The molecule has 8 nitrogen and oxygen atoms in total. The van der Waals surface area contributed by atoms with Gasteiger partial charge in [0.15, 0.2) is 0 Å². The Bertz CT molecular complexity index is 682. The lowest BCUT2D eigenvalue weighted by atomic mass is 10.1. The molecule has 0 saturated carbocycles. The molecule has 0 aliphatic carbocycles. The van der Waals surface area contributed by atoms with Gasteiger partial charge in [0.25, 0.3) is 11.6 Å². The molecule has 1 fully saturated rings. The van der Waals surface area contributed by atoms with Crippen LogP contribution in [-0.2, 0) is 0 Å². The average Bonchev–Trinajstić information content (AvgIpc) is 3.07. The van der Waals surface area contributed by atoms with Crippen LogP contribution in [0, 0.1) is 32.8 Å². The van der Waals surface area contributed by atoms with Gasteiger partial charge in [-0.05, 0) is 25.0 Å². The van der Waals surface area contributed by atoms with Gasteiger partial charge in [0.05, 0.1) is 17.1 Å². The maximum absolute atomic E-state index is 12.3. The molecule has 0 N–H and O–H groups in total. The highest BCUT2D eigenvalue weighted by Gasteiger charge is 2.25. The predicted octanol–water partition coefficient (Wildman–Crippen LogP) is 1.68. The van der Waals surface area contributed by atoms with Gasteiger partial charge in [-0.1, -0.05) is 0 Å². The topological polar surface area (TPSA) is 114 Å². The third kappa shape index (κ3) is 3.55. The Morgan fingerprint density at radius 3 is 2.39 bits per heavy atom. The van der Waals surface area contributed by atoms with Crippen LogP contribution >= 0.6 is 0 Å². The molecule has 23 heavy (non-hydrogen) atoms. The fourth-order valence-corrected chi connectivity index (χ4v) is 2.58. The van der Waals surface area contributed by atoms with Crippen molar-refractivity contribution in [2.24, 2.45) is 0 Å². The normalized spacial score (nSPS) is 13.2. The summed E-state index contributed by atoms with van der Waals surface area (Å²) < 4.78 is 0. The summed E-state index contributed by atoms with van der Waals surface area (Å²) in [5.74, 6) is -0.566. The minimum absolute atomic E-state index is 0.102. The number of nitro benzene ring substituents is 1. The maximum atomic E-state index is 12.3. The molecule has 0 spiro atoms. The Hall–Kier alpha value is -3.13. The molecule has 1 aromatic carbocycles. The van der Waals surface area contributed by atoms with Gasteiger partial charge < -0.3 is 9.80 Å². The molecule has 1 heterocycles. The fraction of sp³-hybridized carbons (Fsp3) is 0.400. The van der Waals surface area contributed by atoms with Gasteiger partial charge in [-0.25, -0.2) is 0 Å². The molecule has 8 heteroatoms. The highest BCUT2D eigenvalue weighted by Crippen LogP contribution is 2.31. The second-order valence-electron chi connectivity index (χ2n) is 5.13. The fourth-order valence-electron chi connectivity index (χ4n) is 2.58. The van der Waals surface area contributed by atoms with Crippen molar-refractivity contribution in [3.05, 3.63) is 33.9 Å².